The van der Waals surface area contributed by atoms with E-state index in [1.54, 1.807) is 0 Å². The number of carbonyl (C=O) groups is 1. The number of urea groups is 1. The molecule has 1 aromatic heterocycles. The molecule has 25 heavy (non-hydrogen) atoms. The molecule has 2 aromatic carbocycles. The van der Waals surface area contributed by atoms with Crippen molar-refractivity contribution in [3.8, 4) is 0 Å². The van der Waals surface area contributed by atoms with E-state index in [2.05, 4.69) is 27.8 Å². The molecular weight excluding hydrogens is 314 g/mol. The Balaban J connectivity index is 1.25. The Kier molecular flexibility index (Phi) is 3.26. The van der Waals surface area contributed by atoms with E-state index >= 15 is 0 Å². The molecule has 0 radical (unpaired) electrons. The van der Waals surface area contributed by atoms with Gasteiger partial charge in [0.25, 0.3) is 0 Å². The Hall–Kier alpha value is -2.82. The van der Waals surface area contributed by atoms with Gasteiger partial charge in [-0.1, -0.05) is 24.3 Å². The van der Waals surface area contributed by atoms with Gasteiger partial charge in [-0.25, -0.2) is 9.78 Å². The number of rotatable bonds is 3. The van der Waals surface area contributed by atoms with E-state index in [0.29, 0.717) is 5.92 Å². The number of aromatic nitrogens is 1. The largest absolute Gasteiger partial charge is 0.440 e. The fraction of sp³-hybridized carbons (Fsp3) is 0.300. The molecule has 0 spiro atoms. The van der Waals surface area contributed by atoms with Gasteiger partial charge in [-0.05, 0) is 48.9 Å². The fourth-order valence-corrected chi connectivity index (χ4v) is 3.54. The van der Waals surface area contributed by atoms with Crippen LogP contribution in [0.25, 0.3) is 11.1 Å². The average Bonchev–Trinajstić information content (AvgIpc) is 3.23. The summed E-state index contributed by atoms with van der Waals surface area (Å²) in [4.78, 5) is 16.8. The van der Waals surface area contributed by atoms with E-state index < -0.39 is 0 Å². The number of anilines is 1. The zero-order valence-corrected chi connectivity index (χ0v) is 13.8. The monoisotopic (exact) mass is 333 g/mol. The summed E-state index contributed by atoms with van der Waals surface area (Å²) in [6, 6.07) is 13.9. The Morgan fingerprint density at radius 2 is 1.84 bits per heavy atom. The van der Waals surface area contributed by atoms with Crippen molar-refractivity contribution in [1.82, 2.24) is 10.3 Å². The van der Waals surface area contributed by atoms with Gasteiger partial charge in [0.1, 0.15) is 5.52 Å². The molecule has 0 saturated heterocycles. The number of nitrogens with one attached hydrogen (secondary N) is 2. The van der Waals surface area contributed by atoms with E-state index in [1.165, 1.54) is 11.1 Å². The first kappa shape index (κ1) is 14.5. The molecule has 0 aliphatic heterocycles. The van der Waals surface area contributed by atoms with Gasteiger partial charge in [-0.3, -0.25) is 0 Å². The predicted octanol–water partition coefficient (Wildman–Crippen LogP) is 3.99. The Morgan fingerprint density at radius 3 is 2.56 bits per heavy atom. The Bertz CT molecular complexity index is 933. The maximum absolute atomic E-state index is 12.3. The van der Waals surface area contributed by atoms with Crippen molar-refractivity contribution in [3.05, 3.63) is 59.5 Å². The molecule has 126 valence electrons. The molecule has 1 saturated carbocycles. The summed E-state index contributed by atoms with van der Waals surface area (Å²) in [7, 11) is 0. The minimum atomic E-state index is -0.181. The number of oxazole rings is 1. The summed E-state index contributed by atoms with van der Waals surface area (Å²) in [6.07, 6.45) is 4.08. The number of carbonyl (C=O) groups excluding carboxylic acids is 1. The second-order valence-electron chi connectivity index (χ2n) is 6.98. The van der Waals surface area contributed by atoms with Crippen LogP contribution in [0.5, 0.6) is 0 Å². The second-order valence-corrected chi connectivity index (χ2v) is 6.98. The lowest BCUT2D eigenvalue weighted by Gasteiger charge is -2.13. The number of amides is 2. The molecule has 0 atom stereocenters. The quantitative estimate of drug-likeness (QED) is 0.761. The third kappa shape index (κ3) is 2.86. The lowest BCUT2D eigenvalue weighted by Crippen LogP contribution is -2.38. The van der Waals surface area contributed by atoms with Crippen molar-refractivity contribution in [2.24, 2.45) is 0 Å². The SMILES string of the molecule is O=C(Nc1ccc2nc(C3CC3)oc2c1)NC1Cc2ccccc2C1. The summed E-state index contributed by atoms with van der Waals surface area (Å²) < 4.78 is 5.81. The average molecular weight is 333 g/mol. The molecule has 5 rings (SSSR count). The first-order valence-electron chi connectivity index (χ1n) is 8.79. The molecule has 0 unspecified atom stereocenters. The van der Waals surface area contributed by atoms with Crippen molar-refractivity contribution in [3.63, 3.8) is 0 Å². The normalized spacial score (nSPS) is 16.8. The van der Waals surface area contributed by atoms with Gasteiger partial charge in [0, 0.05) is 23.7 Å². The molecule has 1 heterocycles. The highest BCUT2D eigenvalue weighted by molar-refractivity contribution is 5.91. The van der Waals surface area contributed by atoms with Crippen LogP contribution in [0.2, 0.25) is 0 Å². The lowest BCUT2D eigenvalue weighted by atomic mass is 10.1. The minimum Gasteiger partial charge on any atom is -0.440 e. The van der Waals surface area contributed by atoms with Crippen LogP contribution in [0.3, 0.4) is 0 Å². The molecule has 2 aliphatic rings. The van der Waals surface area contributed by atoms with Crippen LogP contribution in [0.15, 0.2) is 46.9 Å². The molecule has 2 N–H and O–H groups in total. The van der Waals surface area contributed by atoms with Crippen molar-refractivity contribution in [1.29, 1.82) is 0 Å². The van der Waals surface area contributed by atoms with Crippen LogP contribution >= 0.6 is 0 Å². The van der Waals surface area contributed by atoms with Crippen LogP contribution in [-0.2, 0) is 12.8 Å². The van der Waals surface area contributed by atoms with Gasteiger partial charge in [-0.15, -0.1) is 0 Å². The zero-order chi connectivity index (χ0) is 16.8. The van der Waals surface area contributed by atoms with E-state index in [-0.39, 0.29) is 12.1 Å². The van der Waals surface area contributed by atoms with Crippen LogP contribution in [-0.4, -0.2) is 17.1 Å². The third-order valence-electron chi connectivity index (χ3n) is 4.98. The van der Waals surface area contributed by atoms with Gasteiger partial charge in [0.15, 0.2) is 11.5 Å². The molecule has 5 heteroatoms. The van der Waals surface area contributed by atoms with Crippen LogP contribution in [0.1, 0.15) is 35.8 Å². The van der Waals surface area contributed by atoms with Crippen LogP contribution < -0.4 is 10.6 Å². The standard InChI is InChI=1S/C20H19N3O2/c24-20(22-16-9-13-3-1-2-4-14(13)10-16)21-15-7-8-17-18(11-15)25-19(23-17)12-5-6-12/h1-4,7-8,11-12,16H,5-6,9-10H2,(H2,21,22,24). The van der Waals surface area contributed by atoms with E-state index in [1.807, 2.05) is 30.3 Å². The molecule has 3 aromatic rings. The third-order valence-corrected chi connectivity index (χ3v) is 4.98. The summed E-state index contributed by atoms with van der Waals surface area (Å²) >= 11 is 0. The molecule has 1 fully saturated rings. The maximum atomic E-state index is 12.3. The first-order valence-corrected chi connectivity index (χ1v) is 8.79. The molecular formula is C20H19N3O2. The topological polar surface area (TPSA) is 67.2 Å². The number of hydrogen-bond acceptors (Lipinski definition) is 3. The van der Waals surface area contributed by atoms with E-state index in [9.17, 15) is 4.79 Å². The fourth-order valence-electron chi connectivity index (χ4n) is 3.54. The number of hydrogen-bond donors (Lipinski definition) is 2. The van der Waals surface area contributed by atoms with Gasteiger partial charge in [0.2, 0.25) is 0 Å². The Labute approximate surface area is 145 Å². The molecule has 0 bridgehead atoms. The number of nitrogens with zero attached hydrogens (tertiary/aromatic N) is 1. The van der Waals surface area contributed by atoms with Crippen molar-refractivity contribution in [2.75, 3.05) is 5.32 Å². The summed E-state index contributed by atoms with van der Waals surface area (Å²) in [5.74, 6) is 1.30. The van der Waals surface area contributed by atoms with Crippen molar-refractivity contribution >= 4 is 22.8 Å². The van der Waals surface area contributed by atoms with Crippen molar-refractivity contribution < 1.29 is 9.21 Å². The second kappa shape index (κ2) is 5.62. The smallest absolute Gasteiger partial charge is 0.319 e. The summed E-state index contributed by atoms with van der Waals surface area (Å²) in [5, 5.41) is 5.96. The van der Waals surface area contributed by atoms with Crippen LogP contribution in [0.4, 0.5) is 10.5 Å². The minimum absolute atomic E-state index is 0.146. The Morgan fingerprint density at radius 1 is 1.08 bits per heavy atom. The first-order chi connectivity index (χ1) is 12.2. The highest BCUT2D eigenvalue weighted by atomic mass is 16.3. The highest BCUT2D eigenvalue weighted by Crippen LogP contribution is 2.40. The van der Waals surface area contributed by atoms with Gasteiger partial charge in [-0.2, -0.15) is 0 Å². The van der Waals surface area contributed by atoms with E-state index in [0.717, 1.165) is 48.4 Å². The zero-order valence-electron chi connectivity index (χ0n) is 13.8. The van der Waals surface area contributed by atoms with E-state index in [4.69, 9.17) is 4.42 Å². The lowest BCUT2D eigenvalue weighted by molar-refractivity contribution is 0.249. The van der Waals surface area contributed by atoms with Gasteiger partial charge in [0.05, 0.1) is 0 Å². The predicted molar refractivity (Wildman–Crippen MR) is 95.8 cm³/mol. The highest BCUT2D eigenvalue weighted by Gasteiger charge is 2.29. The van der Waals surface area contributed by atoms with Gasteiger partial charge < -0.3 is 15.1 Å². The molecule has 2 aliphatic carbocycles. The maximum Gasteiger partial charge on any atom is 0.319 e. The molecule has 5 nitrogen and oxygen atoms in total. The summed E-state index contributed by atoms with van der Waals surface area (Å²) in [6.45, 7) is 0. The van der Waals surface area contributed by atoms with Crippen LogP contribution in [0, 0.1) is 0 Å². The van der Waals surface area contributed by atoms with Gasteiger partial charge >= 0.3 is 6.03 Å². The molecule has 2 amide bonds. The number of fused-ring (bicyclic) bond motifs is 2. The van der Waals surface area contributed by atoms with Crippen molar-refractivity contribution in [2.45, 2.75) is 37.6 Å². The summed E-state index contributed by atoms with van der Waals surface area (Å²) in [5.41, 5.74) is 4.94. The number of benzene rings is 2.